The Kier molecular flexibility index (Phi) is 3.80. The summed E-state index contributed by atoms with van der Waals surface area (Å²) in [7, 11) is 1.68. The molecule has 1 amide bonds. The summed E-state index contributed by atoms with van der Waals surface area (Å²) in [6, 6.07) is 3.86. The number of hydrogen-bond acceptors (Lipinski definition) is 3. The molecule has 2 unspecified atom stereocenters. The number of methoxy groups -OCH3 is 1. The van der Waals surface area contributed by atoms with E-state index in [9.17, 15) is 4.79 Å². The van der Waals surface area contributed by atoms with Gasteiger partial charge in [-0.05, 0) is 37.8 Å². The Balaban J connectivity index is 1.81. The number of carbonyl (C=O) groups excluding carboxylic acids is 1. The molecule has 2 aliphatic rings. The molecule has 5 nitrogen and oxygen atoms in total. The number of rotatable bonds is 4. The van der Waals surface area contributed by atoms with E-state index in [1.165, 1.54) is 0 Å². The molecule has 3 heterocycles. The van der Waals surface area contributed by atoms with Crippen LogP contribution < -0.4 is 5.32 Å². The fourth-order valence-electron chi connectivity index (χ4n) is 3.90. The van der Waals surface area contributed by atoms with Gasteiger partial charge in [-0.25, -0.2) is 0 Å². The van der Waals surface area contributed by atoms with Crippen LogP contribution in [0.25, 0.3) is 0 Å². The highest BCUT2D eigenvalue weighted by atomic mass is 16.5. The van der Waals surface area contributed by atoms with Gasteiger partial charge in [0.05, 0.1) is 6.61 Å². The highest BCUT2D eigenvalue weighted by Gasteiger charge is 2.51. The Hall–Kier alpha value is -1.33. The number of nitrogens with zero attached hydrogens (tertiary/aromatic N) is 2. The van der Waals surface area contributed by atoms with E-state index >= 15 is 0 Å². The first-order valence-electron chi connectivity index (χ1n) is 7.72. The molecular weight excluding hydrogens is 266 g/mol. The van der Waals surface area contributed by atoms with Crippen LogP contribution in [0, 0.1) is 11.8 Å². The van der Waals surface area contributed by atoms with E-state index in [-0.39, 0.29) is 11.4 Å². The highest BCUT2D eigenvalue weighted by molar-refractivity contribution is 5.93. The van der Waals surface area contributed by atoms with Gasteiger partial charge >= 0.3 is 0 Å². The first-order chi connectivity index (χ1) is 10.1. The second-order valence-electron chi connectivity index (χ2n) is 6.67. The SMILES string of the molecule is COCCn1cccc1C(=O)N1CC2CNCC2C1(C)C. The largest absolute Gasteiger partial charge is 0.383 e. The van der Waals surface area contributed by atoms with Crippen LogP contribution in [0.2, 0.25) is 0 Å². The van der Waals surface area contributed by atoms with Crippen molar-refractivity contribution >= 4 is 5.91 Å². The highest BCUT2D eigenvalue weighted by Crippen LogP contribution is 2.41. The topological polar surface area (TPSA) is 46.5 Å². The van der Waals surface area contributed by atoms with Crippen molar-refractivity contribution < 1.29 is 9.53 Å². The molecule has 0 bridgehead atoms. The van der Waals surface area contributed by atoms with Gasteiger partial charge in [-0.1, -0.05) is 0 Å². The second kappa shape index (κ2) is 5.46. The van der Waals surface area contributed by atoms with Crippen molar-refractivity contribution in [1.82, 2.24) is 14.8 Å². The summed E-state index contributed by atoms with van der Waals surface area (Å²) in [5, 5.41) is 3.45. The molecule has 1 N–H and O–H groups in total. The summed E-state index contributed by atoms with van der Waals surface area (Å²) in [5.74, 6) is 1.30. The van der Waals surface area contributed by atoms with Crippen LogP contribution in [0.4, 0.5) is 0 Å². The molecule has 0 saturated carbocycles. The molecule has 0 spiro atoms. The average Bonchev–Trinajstić information content (AvgIpc) is 3.13. The molecule has 5 heteroatoms. The summed E-state index contributed by atoms with van der Waals surface area (Å²) >= 11 is 0. The van der Waals surface area contributed by atoms with Crippen molar-refractivity contribution in [2.75, 3.05) is 33.4 Å². The Labute approximate surface area is 126 Å². The average molecular weight is 291 g/mol. The lowest BCUT2D eigenvalue weighted by Crippen LogP contribution is -2.48. The van der Waals surface area contributed by atoms with E-state index in [0.29, 0.717) is 25.0 Å². The van der Waals surface area contributed by atoms with E-state index in [0.717, 1.165) is 25.3 Å². The first-order valence-corrected chi connectivity index (χ1v) is 7.72. The molecular formula is C16H25N3O2. The van der Waals surface area contributed by atoms with Crippen LogP contribution in [-0.4, -0.2) is 54.3 Å². The zero-order valence-corrected chi connectivity index (χ0v) is 13.1. The number of amides is 1. The fourth-order valence-corrected chi connectivity index (χ4v) is 3.90. The van der Waals surface area contributed by atoms with Crippen molar-refractivity contribution in [3.8, 4) is 0 Å². The molecule has 0 radical (unpaired) electrons. The lowest BCUT2D eigenvalue weighted by molar-refractivity contribution is 0.0590. The third kappa shape index (κ3) is 2.38. The maximum absolute atomic E-state index is 13.0. The van der Waals surface area contributed by atoms with Gasteiger partial charge in [-0.15, -0.1) is 0 Å². The van der Waals surface area contributed by atoms with Crippen LogP contribution in [0.5, 0.6) is 0 Å². The van der Waals surface area contributed by atoms with Crippen molar-refractivity contribution in [2.24, 2.45) is 11.8 Å². The Morgan fingerprint density at radius 2 is 2.29 bits per heavy atom. The first kappa shape index (κ1) is 14.6. The Morgan fingerprint density at radius 1 is 1.48 bits per heavy atom. The van der Waals surface area contributed by atoms with E-state index in [2.05, 4.69) is 24.1 Å². The van der Waals surface area contributed by atoms with Crippen LogP contribution in [0.1, 0.15) is 24.3 Å². The number of likely N-dealkylation sites (tertiary alicyclic amines) is 1. The summed E-state index contributed by atoms with van der Waals surface area (Å²) < 4.78 is 7.12. The van der Waals surface area contributed by atoms with Gasteiger partial charge < -0.3 is 19.5 Å². The third-order valence-electron chi connectivity index (χ3n) is 5.19. The minimum absolute atomic E-state index is 0.0817. The summed E-state index contributed by atoms with van der Waals surface area (Å²) in [5.41, 5.74) is 0.690. The molecule has 21 heavy (non-hydrogen) atoms. The smallest absolute Gasteiger partial charge is 0.270 e. The summed E-state index contributed by atoms with van der Waals surface area (Å²) in [6.45, 7) is 8.64. The minimum atomic E-state index is -0.0817. The zero-order chi connectivity index (χ0) is 15.0. The lowest BCUT2D eigenvalue weighted by Gasteiger charge is -2.35. The molecule has 2 fully saturated rings. The van der Waals surface area contributed by atoms with Crippen LogP contribution >= 0.6 is 0 Å². The van der Waals surface area contributed by atoms with Crippen molar-refractivity contribution in [3.05, 3.63) is 24.0 Å². The quantitative estimate of drug-likeness (QED) is 0.907. The number of fused-ring (bicyclic) bond motifs is 1. The van der Waals surface area contributed by atoms with Crippen molar-refractivity contribution in [2.45, 2.75) is 25.9 Å². The standard InChI is InChI=1S/C16H25N3O2/c1-16(2)13-10-17-9-12(13)11-19(16)15(20)14-5-4-6-18(14)7-8-21-3/h4-6,12-13,17H,7-11H2,1-3H3. The van der Waals surface area contributed by atoms with Gasteiger partial charge in [0.25, 0.3) is 5.91 Å². The molecule has 1 aromatic rings. The van der Waals surface area contributed by atoms with Crippen molar-refractivity contribution in [3.63, 3.8) is 0 Å². The molecule has 1 aromatic heterocycles. The van der Waals surface area contributed by atoms with E-state index in [1.807, 2.05) is 22.9 Å². The Bertz CT molecular complexity index is 523. The van der Waals surface area contributed by atoms with Crippen LogP contribution in [0.3, 0.4) is 0 Å². The third-order valence-corrected chi connectivity index (χ3v) is 5.19. The summed E-state index contributed by atoms with van der Waals surface area (Å²) in [6.07, 6.45) is 1.96. The number of nitrogens with one attached hydrogen (secondary N) is 1. The molecule has 0 aliphatic carbocycles. The molecule has 2 saturated heterocycles. The fraction of sp³-hybridized carbons (Fsp3) is 0.688. The molecule has 2 atom stereocenters. The monoisotopic (exact) mass is 291 g/mol. The molecule has 0 aromatic carbocycles. The van der Waals surface area contributed by atoms with Gasteiger partial charge in [0.2, 0.25) is 0 Å². The van der Waals surface area contributed by atoms with Gasteiger partial charge in [0, 0.05) is 45.0 Å². The summed E-state index contributed by atoms with van der Waals surface area (Å²) in [4.78, 5) is 15.1. The van der Waals surface area contributed by atoms with Crippen LogP contribution in [-0.2, 0) is 11.3 Å². The molecule has 116 valence electrons. The van der Waals surface area contributed by atoms with Crippen LogP contribution in [0.15, 0.2) is 18.3 Å². The van der Waals surface area contributed by atoms with Crippen molar-refractivity contribution in [1.29, 1.82) is 0 Å². The minimum Gasteiger partial charge on any atom is -0.383 e. The number of aromatic nitrogens is 1. The molecule has 3 rings (SSSR count). The van der Waals surface area contributed by atoms with E-state index in [4.69, 9.17) is 4.74 Å². The van der Waals surface area contributed by atoms with Gasteiger partial charge in [-0.3, -0.25) is 4.79 Å². The normalized spacial score (nSPS) is 27.1. The molecule has 2 aliphatic heterocycles. The lowest BCUT2D eigenvalue weighted by atomic mass is 9.85. The van der Waals surface area contributed by atoms with Gasteiger partial charge in [-0.2, -0.15) is 0 Å². The number of carbonyl (C=O) groups is 1. The second-order valence-corrected chi connectivity index (χ2v) is 6.67. The maximum Gasteiger partial charge on any atom is 0.270 e. The predicted octanol–water partition coefficient (Wildman–Crippen LogP) is 1.20. The van der Waals surface area contributed by atoms with E-state index < -0.39 is 0 Å². The predicted molar refractivity (Wildman–Crippen MR) is 81.3 cm³/mol. The van der Waals surface area contributed by atoms with Gasteiger partial charge in [0.1, 0.15) is 5.69 Å². The maximum atomic E-state index is 13.0. The van der Waals surface area contributed by atoms with Gasteiger partial charge in [0.15, 0.2) is 0 Å². The Morgan fingerprint density at radius 3 is 3.00 bits per heavy atom. The number of hydrogen-bond donors (Lipinski definition) is 1. The number of ether oxygens (including phenoxy) is 1. The zero-order valence-electron chi connectivity index (χ0n) is 13.1. The van der Waals surface area contributed by atoms with E-state index in [1.54, 1.807) is 7.11 Å².